The Morgan fingerprint density at radius 3 is 2.57 bits per heavy atom. The van der Waals surface area contributed by atoms with E-state index in [1.165, 1.54) is 5.56 Å². The summed E-state index contributed by atoms with van der Waals surface area (Å²) in [6.07, 6.45) is 0.908. The van der Waals surface area contributed by atoms with Crippen LogP contribution >= 0.6 is 0 Å². The molecule has 0 aliphatic carbocycles. The van der Waals surface area contributed by atoms with E-state index in [0.717, 1.165) is 17.7 Å². The molecule has 1 fully saturated rings. The molecule has 160 valence electrons. The lowest BCUT2D eigenvalue weighted by Gasteiger charge is -2.25. The van der Waals surface area contributed by atoms with Crippen LogP contribution < -0.4 is 4.74 Å². The van der Waals surface area contributed by atoms with Crippen LogP contribution in [0.15, 0.2) is 54.6 Å². The number of methoxy groups -OCH3 is 1. The van der Waals surface area contributed by atoms with Crippen molar-refractivity contribution in [1.29, 1.82) is 0 Å². The highest BCUT2D eigenvalue weighted by Crippen LogP contribution is 2.16. The lowest BCUT2D eigenvalue weighted by atomic mass is 10.1. The molecule has 0 bridgehead atoms. The summed E-state index contributed by atoms with van der Waals surface area (Å²) in [7, 11) is 1.63. The van der Waals surface area contributed by atoms with Gasteiger partial charge in [-0.15, -0.1) is 0 Å². The predicted octanol–water partition coefficient (Wildman–Crippen LogP) is 2.90. The van der Waals surface area contributed by atoms with E-state index in [2.05, 4.69) is 12.1 Å². The molecule has 0 saturated carbocycles. The average Bonchev–Trinajstić information content (AvgIpc) is 2.95. The van der Waals surface area contributed by atoms with Crippen molar-refractivity contribution in [3.05, 3.63) is 65.7 Å². The molecule has 0 aromatic heterocycles. The molecule has 1 atom stereocenters. The zero-order chi connectivity index (χ0) is 21.3. The van der Waals surface area contributed by atoms with E-state index < -0.39 is 0 Å². The highest BCUT2D eigenvalue weighted by molar-refractivity contribution is 5.85. The van der Waals surface area contributed by atoms with Gasteiger partial charge >= 0.3 is 0 Å². The molecule has 1 saturated heterocycles. The Morgan fingerprint density at radius 1 is 1.07 bits per heavy atom. The fraction of sp³-hybridized carbons (Fsp3) is 0.417. The number of amides is 2. The number of carbonyl (C=O) groups excluding carboxylic acids is 2. The quantitative estimate of drug-likeness (QED) is 0.672. The van der Waals surface area contributed by atoms with Crippen molar-refractivity contribution in [1.82, 2.24) is 9.80 Å². The predicted molar refractivity (Wildman–Crippen MR) is 115 cm³/mol. The fourth-order valence-corrected chi connectivity index (χ4v) is 3.60. The maximum Gasteiger partial charge on any atom is 0.242 e. The molecule has 1 aliphatic heterocycles. The summed E-state index contributed by atoms with van der Waals surface area (Å²) in [5.74, 6) is 0.725. The van der Waals surface area contributed by atoms with Gasteiger partial charge in [0.15, 0.2) is 0 Å². The Morgan fingerprint density at radius 2 is 1.83 bits per heavy atom. The van der Waals surface area contributed by atoms with Crippen LogP contribution in [-0.2, 0) is 27.4 Å². The minimum atomic E-state index is -0.242. The lowest BCUT2D eigenvalue weighted by Crippen LogP contribution is -2.39. The van der Waals surface area contributed by atoms with Crippen LogP contribution in [0.3, 0.4) is 0 Å². The molecule has 3 rings (SSSR count). The number of hydrogen-bond acceptors (Lipinski definition) is 4. The maximum absolute atomic E-state index is 12.8. The molecule has 2 aromatic rings. The molecule has 1 heterocycles. The first-order chi connectivity index (χ1) is 14.6. The highest BCUT2D eigenvalue weighted by atomic mass is 16.5. The van der Waals surface area contributed by atoms with Gasteiger partial charge in [0, 0.05) is 26.1 Å². The second kappa shape index (κ2) is 10.8. The normalized spacial score (nSPS) is 17.0. The average molecular weight is 411 g/mol. The van der Waals surface area contributed by atoms with Gasteiger partial charge in [-0.1, -0.05) is 49.4 Å². The van der Waals surface area contributed by atoms with E-state index in [9.17, 15) is 9.59 Å². The summed E-state index contributed by atoms with van der Waals surface area (Å²) in [5, 5.41) is 0. The second-order valence-electron chi connectivity index (χ2n) is 7.49. The molecule has 0 unspecified atom stereocenters. The molecule has 6 nitrogen and oxygen atoms in total. The number of nitrogens with zero attached hydrogens (tertiary/aromatic N) is 2. The minimum absolute atomic E-state index is 0.0248. The fourth-order valence-electron chi connectivity index (χ4n) is 3.60. The molecular formula is C24H30N2O4. The van der Waals surface area contributed by atoms with Crippen molar-refractivity contribution in [2.45, 2.75) is 32.5 Å². The SMILES string of the molecule is CCC(=O)N1CC(=O)N(CCc2ccccc2)C[C@@H](OCc2cccc(OC)c2)C1. The molecule has 0 radical (unpaired) electrons. The first-order valence-electron chi connectivity index (χ1n) is 10.4. The Bertz CT molecular complexity index is 840. The first-order valence-corrected chi connectivity index (χ1v) is 10.4. The molecule has 1 aliphatic rings. The van der Waals surface area contributed by atoms with Gasteiger partial charge in [-0.3, -0.25) is 9.59 Å². The van der Waals surface area contributed by atoms with E-state index in [1.54, 1.807) is 12.0 Å². The van der Waals surface area contributed by atoms with Gasteiger partial charge in [0.1, 0.15) is 5.75 Å². The zero-order valence-electron chi connectivity index (χ0n) is 17.8. The molecule has 0 N–H and O–H groups in total. The van der Waals surface area contributed by atoms with Crippen LogP contribution in [0.4, 0.5) is 0 Å². The zero-order valence-corrected chi connectivity index (χ0v) is 17.8. The Kier molecular flexibility index (Phi) is 7.85. The topological polar surface area (TPSA) is 59.1 Å². The monoisotopic (exact) mass is 410 g/mol. The van der Waals surface area contributed by atoms with Gasteiger partial charge in [0.25, 0.3) is 0 Å². The number of rotatable bonds is 8. The summed E-state index contributed by atoms with van der Waals surface area (Å²) < 4.78 is 11.4. The smallest absolute Gasteiger partial charge is 0.242 e. The third kappa shape index (κ3) is 6.07. The summed E-state index contributed by atoms with van der Waals surface area (Å²) in [6, 6.07) is 17.8. The van der Waals surface area contributed by atoms with Crippen LogP contribution in [0.25, 0.3) is 0 Å². The molecule has 6 heteroatoms. The van der Waals surface area contributed by atoms with E-state index in [1.807, 2.05) is 54.3 Å². The van der Waals surface area contributed by atoms with Gasteiger partial charge in [-0.25, -0.2) is 0 Å². The molecule has 0 spiro atoms. The number of benzene rings is 2. The van der Waals surface area contributed by atoms with Crippen molar-refractivity contribution in [2.24, 2.45) is 0 Å². The van der Waals surface area contributed by atoms with Gasteiger partial charge in [-0.2, -0.15) is 0 Å². The minimum Gasteiger partial charge on any atom is -0.497 e. The van der Waals surface area contributed by atoms with E-state index in [-0.39, 0.29) is 24.5 Å². The largest absolute Gasteiger partial charge is 0.497 e. The van der Waals surface area contributed by atoms with E-state index in [4.69, 9.17) is 9.47 Å². The van der Waals surface area contributed by atoms with E-state index in [0.29, 0.717) is 32.7 Å². The summed E-state index contributed by atoms with van der Waals surface area (Å²) in [5.41, 5.74) is 2.18. The lowest BCUT2D eigenvalue weighted by molar-refractivity contribution is -0.138. The van der Waals surface area contributed by atoms with Gasteiger partial charge in [0.2, 0.25) is 11.8 Å². The van der Waals surface area contributed by atoms with Crippen molar-refractivity contribution < 1.29 is 19.1 Å². The Labute approximate surface area is 178 Å². The van der Waals surface area contributed by atoms with Gasteiger partial charge in [0.05, 0.1) is 26.4 Å². The first kappa shape index (κ1) is 21.8. The third-order valence-electron chi connectivity index (χ3n) is 5.32. The number of ether oxygens (including phenoxy) is 2. The Balaban J connectivity index is 1.68. The maximum atomic E-state index is 12.8. The van der Waals surface area contributed by atoms with E-state index >= 15 is 0 Å². The standard InChI is InChI=1S/C24H30N2O4/c1-3-23(27)26-16-22(30-18-20-10-7-11-21(14-20)29-2)15-25(24(28)17-26)13-12-19-8-5-4-6-9-19/h4-11,14,22H,3,12-13,15-18H2,1-2H3/t22-/m1/s1. The van der Waals surface area contributed by atoms with Gasteiger partial charge in [-0.05, 0) is 29.7 Å². The van der Waals surface area contributed by atoms with Crippen LogP contribution in [0.1, 0.15) is 24.5 Å². The number of carbonyl (C=O) groups is 2. The van der Waals surface area contributed by atoms with Crippen molar-refractivity contribution in [2.75, 3.05) is 33.3 Å². The summed E-state index contributed by atoms with van der Waals surface area (Å²) in [6.45, 7) is 3.83. The molecule has 30 heavy (non-hydrogen) atoms. The van der Waals surface area contributed by atoms with Crippen LogP contribution in [0.2, 0.25) is 0 Å². The summed E-state index contributed by atoms with van der Waals surface area (Å²) >= 11 is 0. The third-order valence-corrected chi connectivity index (χ3v) is 5.32. The van der Waals surface area contributed by atoms with Crippen LogP contribution in [-0.4, -0.2) is 61.0 Å². The molecular weight excluding hydrogens is 380 g/mol. The molecule has 2 aromatic carbocycles. The Hall–Kier alpha value is -2.86. The van der Waals surface area contributed by atoms with Crippen molar-refractivity contribution in [3.63, 3.8) is 0 Å². The molecule has 2 amide bonds. The van der Waals surface area contributed by atoms with Gasteiger partial charge < -0.3 is 19.3 Å². The highest BCUT2D eigenvalue weighted by Gasteiger charge is 2.30. The van der Waals surface area contributed by atoms with Crippen LogP contribution in [0, 0.1) is 0 Å². The van der Waals surface area contributed by atoms with Crippen LogP contribution in [0.5, 0.6) is 5.75 Å². The second-order valence-corrected chi connectivity index (χ2v) is 7.49. The number of hydrogen-bond donors (Lipinski definition) is 0. The van der Waals surface area contributed by atoms with Crippen molar-refractivity contribution >= 4 is 11.8 Å². The summed E-state index contributed by atoms with van der Waals surface area (Å²) in [4.78, 5) is 28.6. The van der Waals surface area contributed by atoms with Crippen molar-refractivity contribution in [3.8, 4) is 5.75 Å².